The topological polar surface area (TPSA) is 57.7 Å². The van der Waals surface area contributed by atoms with Crippen molar-refractivity contribution in [1.29, 1.82) is 0 Å². The second-order valence-corrected chi connectivity index (χ2v) is 9.14. The van der Waals surface area contributed by atoms with Crippen molar-refractivity contribution in [3.63, 3.8) is 0 Å². The van der Waals surface area contributed by atoms with Gasteiger partial charge in [0.1, 0.15) is 4.90 Å². The monoisotopic (exact) mass is 412 g/mol. The van der Waals surface area contributed by atoms with Gasteiger partial charge in [-0.3, -0.25) is 4.79 Å². The van der Waals surface area contributed by atoms with Crippen LogP contribution in [0.4, 0.5) is 5.69 Å². The SMILES string of the molecule is CC1Cc2ccccc2N1C(=O)CN(C)S(=O)(=O)c1cc(Cl)ccc1Cl. The highest BCUT2D eigenvalue weighted by Gasteiger charge is 2.33. The number of carbonyl (C=O) groups excluding carboxylic acids is 1. The van der Waals surface area contributed by atoms with Crippen molar-refractivity contribution in [2.24, 2.45) is 0 Å². The standard InChI is InChI=1S/C18H18Cl2N2O3S/c1-12-9-13-5-3-4-6-16(13)22(12)18(23)11-21(2)26(24,25)17-10-14(19)7-8-15(17)20/h3-8,10,12H,9,11H2,1-2H3. The van der Waals surface area contributed by atoms with Gasteiger partial charge in [0.25, 0.3) is 0 Å². The molecular formula is C18H18Cl2N2O3S. The van der Waals surface area contributed by atoms with E-state index in [9.17, 15) is 13.2 Å². The normalized spacial score (nSPS) is 16.8. The second-order valence-electron chi connectivity index (χ2n) is 6.28. The lowest BCUT2D eigenvalue weighted by atomic mass is 10.1. The largest absolute Gasteiger partial charge is 0.308 e. The van der Waals surface area contributed by atoms with E-state index in [1.54, 1.807) is 4.90 Å². The maximum absolute atomic E-state index is 12.8. The van der Waals surface area contributed by atoms with E-state index in [2.05, 4.69) is 0 Å². The third-order valence-corrected chi connectivity index (χ3v) is 6.94. The Hall–Kier alpha value is -1.60. The van der Waals surface area contributed by atoms with Crippen LogP contribution in [0.1, 0.15) is 12.5 Å². The summed E-state index contributed by atoms with van der Waals surface area (Å²) in [5, 5.41) is 0.323. The Labute approximate surface area is 163 Å². The molecule has 0 aromatic heterocycles. The number of likely N-dealkylation sites (N-methyl/N-ethyl adjacent to an activating group) is 1. The van der Waals surface area contributed by atoms with Crippen LogP contribution in [0.2, 0.25) is 10.0 Å². The van der Waals surface area contributed by atoms with E-state index in [1.807, 2.05) is 31.2 Å². The Morgan fingerprint density at radius 2 is 1.92 bits per heavy atom. The van der Waals surface area contributed by atoms with Crippen molar-refractivity contribution < 1.29 is 13.2 Å². The predicted molar refractivity (Wildman–Crippen MR) is 103 cm³/mol. The molecule has 0 saturated carbocycles. The van der Waals surface area contributed by atoms with Crippen LogP contribution in [0.25, 0.3) is 0 Å². The van der Waals surface area contributed by atoms with E-state index in [-0.39, 0.29) is 33.4 Å². The van der Waals surface area contributed by atoms with Crippen LogP contribution in [0, 0.1) is 0 Å². The van der Waals surface area contributed by atoms with E-state index >= 15 is 0 Å². The van der Waals surface area contributed by atoms with Gasteiger partial charge in [-0.1, -0.05) is 41.4 Å². The molecule has 138 valence electrons. The molecule has 5 nitrogen and oxygen atoms in total. The minimum Gasteiger partial charge on any atom is -0.308 e. The first kappa shape index (κ1) is 19.2. The quantitative estimate of drug-likeness (QED) is 0.770. The molecule has 1 atom stereocenters. The van der Waals surface area contributed by atoms with Crippen molar-refractivity contribution in [3.05, 3.63) is 58.1 Å². The maximum Gasteiger partial charge on any atom is 0.244 e. The van der Waals surface area contributed by atoms with Gasteiger partial charge in [0.2, 0.25) is 15.9 Å². The molecule has 1 unspecified atom stereocenters. The number of halogens is 2. The summed E-state index contributed by atoms with van der Waals surface area (Å²) in [5.41, 5.74) is 1.91. The molecule has 0 N–H and O–H groups in total. The molecule has 1 aliphatic rings. The van der Waals surface area contributed by atoms with Crippen LogP contribution in [0.15, 0.2) is 47.4 Å². The lowest BCUT2D eigenvalue weighted by Gasteiger charge is -2.25. The molecule has 1 aliphatic heterocycles. The van der Waals surface area contributed by atoms with Gasteiger partial charge in [-0.2, -0.15) is 4.31 Å². The lowest BCUT2D eigenvalue weighted by molar-refractivity contribution is -0.118. The van der Waals surface area contributed by atoms with Crippen molar-refractivity contribution in [1.82, 2.24) is 4.31 Å². The summed E-state index contributed by atoms with van der Waals surface area (Å²) < 4.78 is 26.6. The Morgan fingerprint density at radius 3 is 2.65 bits per heavy atom. The first-order valence-electron chi connectivity index (χ1n) is 8.03. The van der Waals surface area contributed by atoms with Crippen LogP contribution in [-0.4, -0.2) is 38.3 Å². The second kappa shape index (κ2) is 7.19. The fourth-order valence-electron chi connectivity index (χ4n) is 3.14. The number of sulfonamides is 1. The zero-order valence-corrected chi connectivity index (χ0v) is 16.6. The molecule has 26 heavy (non-hydrogen) atoms. The van der Waals surface area contributed by atoms with Crippen LogP contribution >= 0.6 is 23.2 Å². The molecule has 2 aromatic rings. The molecule has 0 fully saturated rings. The first-order chi connectivity index (χ1) is 12.2. The van der Waals surface area contributed by atoms with Gasteiger partial charge in [-0.15, -0.1) is 0 Å². The summed E-state index contributed by atoms with van der Waals surface area (Å²) in [5.74, 6) is -0.285. The van der Waals surface area contributed by atoms with E-state index in [1.165, 1.54) is 25.2 Å². The molecule has 0 bridgehead atoms. The average Bonchev–Trinajstić information content (AvgIpc) is 2.92. The number of rotatable bonds is 4. The van der Waals surface area contributed by atoms with E-state index in [0.29, 0.717) is 0 Å². The maximum atomic E-state index is 12.8. The highest BCUT2D eigenvalue weighted by Crippen LogP contribution is 2.32. The average molecular weight is 413 g/mol. The van der Waals surface area contributed by atoms with Gasteiger partial charge in [0, 0.05) is 23.8 Å². The number of anilines is 1. The summed E-state index contributed by atoms with van der Waals surface area (Å²) in [7, 11) is -2.58. The van der Waals surface area contributed by atoms with Gasteiger partial charge < -0.3 is 4.90 Å². The number of hydrogen-bond acceptors (Lipinski definition) is 3. The van der Waals surface area contributed by atoms with Crippen LogP contribution in [0.3, 0.4) is 0 Å². The minimum absolute atomic E-state index is 0.0224. The van der Waals surface area contributed by atoms with Crippen LogP contribution in [-0.2, 0) is 21.2 Å². The summed E-state index contributed by atoms with van der Waals surface area (Å²) in [4.78, 5) is 14.4. The van der Waals surface area contributed by atoms with E-state index in [0.717, 1.165) is 22.0 Å². The number of carbonyl (C=O) groups is 1. The Bertz CT molecular complexity index is 963. The number of hydrogen-bond donors (Lipinski definition) is 0. The zero-order valence-electron chi connectivity index (χ0n) is 14.3. The van der Waals surface area contributed by atoms with Crippen molar-refractivity contribution >= 4 is 44.8 Å². The van der Waals surface area contributed by atoms with Gasteiger partial charge in [0.05, 0.1) is 11.6 Å². The van der Waals surface area contributed by atoms with Gasteiger partial charge >= 0.3 is 0 Å². The minimum atomic E-state index is -3.94. The Morgan fingerprint density at radius 1 is 1.23 bits per heavy atom. The zero-order chi connectivity index (χ0) is 19.1. The van der Waals surface area contributed by atoms with Gasteiger partial charge in [-0.05, 0) is 43.2 Å². The molecule has 0 spiro atoms. The summed E-state index contributed by atoms with van der Waals surface area (Å²) in [6.45, 7) is 1.66. The number of benzene rings is 2. The summed E-state index contributed by atoms with van der Waals surface area (Å²) >= 11 is 11.9. The van der Waals surface area contributed by atoms with E-state index < -0.39 is 10.0 Å². The fourth-order valence-corrected chi connectivity index (χ4v) is 4.99. The van der Waals surface area contributed by atoms with Crippen molar-refractivity contribution in [2.45, 2.75) is 24.3 Å². The number of nitrogens with zero attached hydrogens (tertiary/aromatic N) is 2. The fraction of sp³-hybridized carbons (Fsp3) is 0.278. The molecule has 0 saturated heterocycles. The molecular weight excluding hydrogens is 395 g/mol. The van der Waals surface area contributed by atoms with Gasteiger partial charge in [-0.25, -0.2) is 8.42 Å². The Balaban J connectivity index is 1.84. The van der Waals surface area contributed by atoms with Crippen LogP contribution < -0.4 is 4.90 Å². The molecule has 1 amide bonds. The van der Waals surface area contributed by atoms with Crippen molar-refractivity contribution in [3.8, 4) is 0 Å². The summed E-state index contributed by atoms with van der Waals surface area (Å²) in [6, 6.07) is 11.8. The molecule has 1 heterocycles. The Kier molecular flexibility index (Phi) is 5.30. The molecule has 0 aliphatic carbocycles. The smallest absolute Gasteiger partial charge is 0.244 e. The summed E-state index contributed by atoms with van der Waals surface area (Å²) in [6.07, 6.45) is 0.749. The predicted octanol–water partition coefficient (Wildman–Crippen LogP) is 3.59. The van der Waals surface area contributed by atoms with Crippen LogP contribution in [0.5, 0.6) is 0 Å². The number of amides is 1. The third-order valence-electron chi connectivity index (χ3n) is 4.42. The number of para-hydroxylation sites is 1. The lowest BCUT2D eigenvalue weighted by Crippen LogP contribution is -2.43. The number of fused-ring (bicyclic) bond motifs is 1. The van der Waals surface area contributed by atoms with Crippen molar-refractivity contribution in [2.75, 3.05) is 18.5 Å². The molecule has 2 aromatic carbocycles. The molecule has 0 radical (unpaired) electrons. The third kappa shape index (κ3) is 3.47. The van der Waals surface area contributed by atoms with E-state index in [4.69, 9.17) is 23.2 Å². The molecule has 3 rings (SSSR count). The highest BCUT2D eigenvalue weighted by atomic mass is 35.5. The van der Waals surface area contributed by atoms with Gasteiger partial charge in [0.15, 0.2) is 0 Å². The molecule has 8 heteroatoms. The highest BCUT2D eigenvalue weighted by molar-refractivity contribution is 7.89. The first-order valence-corrected chi connectivity index (χ1v) is 10.2.